The summed E-state index contributed by atoms with van der Waals surface area (Å²) in [5.41, 5.74) is 0.868. The number of hydrogen-bond acceptors (Lipinski definition) is 4. The van der Waals surface area contributed by atoms with Gasteiger partial charge in [-0.3, -0.25) is 9.59 Å². The van der Waals surface area contributed by atoms with E-state index in [0.717, 1.165) is 5.56 Å². The Kier molecular flexibility index (Phi) is 7.02. The van der Waals surface area contributed by atoms with E-state index in [1.165, 1.54) is 7.11 Å². The number of halogens is 1. The Morgan fingerprint density at radius 2 is 2.10 bits per heavy atom. The Balaban J connectivity index is 2.39. The number of nitrogens with one attached hydrogen (secondary N) is 1. The van der Waals surface area contributed by atoms with Gasteiger partial charge in [-0.1, -0.05) is 11.6 Å². The minimum Gasteiger partial charge on any atom is -0.481 e. The number of ether oxygens (including phenoxy) is 2. The molecule has 0 aliphatic heterocycles. The third-order valence-electron chi connectivity index (χ3n) is 2.89. The molecule has 1 N–H and O–H groups in total. The van der Waals surface area contributed by atoms with Gasteiger partial charge in [0, 0.05) is 18.0 Å². The smallest absolute Gasteiger partial charge is 0.305 e. The number of carbonyl (C=O) groups excluding carboxylic acids is 2. The van der Waals surface area contributed by atoms with Crippen LogP contribution < -0.4 is 10.1 Å². The van der Waals surface area contributed by atoms with Crippen LogP contribution in [-0.2, 0) is 14.3 Å². The summed E-state index contributed by atoms with van der Waals surface area (Å²) >= 11 is 5.87. The molecule has 1 aromatic rings. The van der Waals surface area contributed by atoms with Crippen LogP contribution in [0.1, 0.15) is 25.3 Å². The van der Waals surface area contributed by atoms with Crippen molar-refractivity contribution in [2.75, 3.05) is 13.7 Å². The van der Waals surface area contributed by atoms with E-state index in [9.17, 15) is 9.59 Å². The monoisotopic (exact) mass is 313 g/mol. The Bertz CT molecular complexity index is 504. The van der Waals surface area contributed by atoms with E-state index in [0.29, 0.717) is 23.7 Å². The molecular weight excluding hydrogens is 294 g/mol. The standard InChI is InChI=1S/C15H20ClNO4/c1-10-9-12(16)6-7-13(10)21-11(2)15(19)17-8-4-5-14(18)20-3/h6-7,9,11H,4-5,8H2,1-3H3,(H,17,19). The van der Waals surface area contributed by atoms with E-state index >= 15 is 0 Å². The largest absolute Gasteiger partial charge is 0.481 e. The summed E-state index contributed by atoms with van der Waals surface area (Å²) < 4.78 is 10.1. The second kappa shape index (κ2) is 8.52. The average molecular weight is 314 g/mol. The highest BCUT2D eigenvalue weighted by Gasteiger charge is 2.15. The normalized spacial score (nSPS) is 11.6. The lowest BCUT2D eigenvalue weighted by atomic mass is 10.2. The maximum atomic E-state index is 11.9. The highest BCUT2D eigenvalue weighted by molar-refractivity contribution is 6.30. The third-order valence-corrected chi connectivity index (χ3v) is 3.13. The Morgan fingerprint density at radius 3 is 2.71 bits per heavy atom. The summed E-state index contributed by atoms with van der Waals surface area (Å²) in [5, 5.41) is 3.34. The van der Waals surface area contributed by atoms with Gasteiger partial charge in [0.15, 0.2) is 6.10 Å². The molecule has 0 aromatic heterocycles. The van der Waals surface area contributed by atoms with Crippen molar-refractivity contribution in [3.05, 3.63) is 28.8 Å². The molecule has 1 atom stereocenters. The number of hydrogen-bond donors (Lipinski definition) is 1. The fraction of sp³-hybridized carbons (Fsp3) is 0.467. The van der Waals surface area contributed by atoms with Crippen LogP contribution in [-0.4, -0.2) is 31.6 Å². The van der Waals surface area contributed by atoms with Gasteiger partial charge in [0.05, 0.1) is 7.11 Å². The van der Waals surface area contributed by atoms with Gasteiger partial charge in [0.1, 0.15) is 5.75 Å². The summed E-state index contributed by atoms with van der Waals surface area (Å²) in [5.74, 6) is 0.108. The van der Waals surface area contributed by atoms with Crippen LogP contribution >= 0.6 is 11.6 Å². The minimum atomic E-state index is -0.622. The minimum absolute atomic E-state index is 0.228. The first-order valence-corrected chi connectivity index (χ1v) is 7.09. The van der Waals surface area contributed by atoms with Crippen LogP contribution in [0.25, 0.3) is 0 Å². The number of carbonyl (C=O) groups is 2. The van der Waals surface area contributed by atoms with E-state index < -0.39 is 6.10 Å². The molecule has 0 bridgehead atoms. The summed E-state index contributed by atoms with van der Waals surface area (Å²) in [4.78, 5) is 22.8. The number of rotatable bonds is 7. The van der Waals surface area contributed by atoms with Gasteiger partial charge in [0.2, 0.25) is 0 Å². The Hall–Kier alpha value is -1.75. The maximum absolute atomic E-state index is 11.9. The molecular formula is C15H20ClNO4. The fourth-order valence-corrected chi connectivity index (χ4v) is 1.91. The third kappa shape index (κ3) is 6.04. The van der Waals surface area contributed by atoms with E-state index in [4.69, 9.17) is 16.3 Å². The predicted octanol–water partition coefficient (Wildman–Crippen LogP) is 2.49. The Morgan fingerprint density at radius 1 is 1.38 bits per heavy atom. The van der Waals surface area contributed by atoms with Gasteiger partial charge in [-0.2, -0.15) is 0 Å². The quantitative estimate of drug-likeness (QED) is 0.620. The van der Waals surface area contributed by atoms with Gasteiger partial charge < -0.3 is 14.8 Å². The highest BCUT2D eigenvalue weighted by atomic mass is 35.5. The van der Waals surface area contributed by atoms with Gasteiger partial charge in [-0.05, 0) is 44.0 Å². The molecule has 5 nitrogen and oxygen atoms in total. The number of esters is 1. The van der Waals surface area contributed by atoms with Crippen LogP contribution in [0.2, 0.25) is 5.02 Å². The molecule has 0 heterocycles. The van der Waals surface area contributed by atoms with Crippen LogP contribution in [0.15, 0.2) is 18.2 Å². The SMILES string of the molecule is COC(=O)CCCNC(=O)C(C)Oc1ccc(Cl)cc1C. The number of methoxy groups -OCH3 is 1. The van der Waals surface area contributed by atoms with Crippen molar-refractivity contribution in [2.45, 2.75) is 32.8 Å². The lowest BCUT2D eigenvalue weighted by Gasteiger charge is -2.16. The molecule has 1 rings (SSSR count). The van der Waals surface area contributed by atoms with E-state index in [2.05, 4.69) is 10.1 Å². The molecule has 1 aromatic carbocycles. The molecule has 6 heteroatoms. The lowest BCUT2D eigenvalue weighted by molar-refractivity contribution is -0.140. The molecule has 0 saturated carbocycles. The summed E-state index contributed by atoms with van der Waals surface area (Å²) in [6.07, 6.45) is 0.191. The number of aryl methyl sites for hydroxylation is 1. The first-order valence-electron chi connectivity index (χ1n) is 6.71. The summed E-state index contributed by atoms with van der Waals surface area (Å²) in [6, 6.07) is 5.22. The van der Waals surface area contributed by atoms with Crippen molar-refractivity contribution in [2.24, 2.45) is 0 Å². The summed E-state index contributed by atoms with van der Waals surface area (Å²) in [7, 11) is 1.34. The van der Waals surface area contributed by atoms with Gasteiger partial charge in [-0.15, -0.1) is 0 Å². The molecule has 0 aliphatic rings. The topological polar surface area (TPSA) is 64.6 Å². The van der Waals surface area contributed by atoms with Crippen molar-refractivity contribution >= 4 is 23.5 Å². The molecule has 0 saturated heterocycles. The van der Waals surface area contributed by atoms with Crippen LogP contribution in [0, 0.1) is 6.92 Å². The molecule has 0 aliphatic carbocycles. The van der Waals surface area contributed by atoms with Crippen molar-refractivity contribution in [1.82, 2.24) is 5.32 Å². The molecule has 0 spiro atoms. The molecule has 21 heavy (non-hydrogen) atoms. The maximum Gasteiger partial charge on any atom is 0.305 e. The fourth-order valence-electron chi connectivity index (χ4n) is 1.68. The van der Waals surface area contributed by atoms with E-state index in [1.807, 2.05) is 6.92 Å². The number of benzene rings is 1. The van der Waals surface area contributed by atoms with Crippen molar-refractivity contribution < 1.29 is 19.1 Å². The molecule has 1 amide bonds. The first-order chi connectivity index (χ1) is 9.93. The van der Waals surface area contributed by atoms with Gasteiger partial charge in [0.25, 0.3) is 5.91 Å². The van der Waals surface area contributed by atoms with Gasteiger partial charge >= 0.3 is 5.97 Å². The van der Waals surface area contributed by atoms with E-state index in [-0.39, 0.29) is 18.3 Å². The zero-order chi connectivity index (χ0) is 15.8. The van der Waals surface area contributed by atoms with Crippen molar-refractivity contribution in [3.8, 4) is 5.75 Å². The Labute approximate surface area is 129 Å². The predicted molar refractivity (Wildman–Crippen MR) is 80.5 cm³/mol. The lowest BCUT2D eigenvalue weighted by Crippen LogP contribution is -2.37. The van der Waals surface area contributed by atoms with E-state index in [1.54, 1.807) is 25.1 Å². The van der Waals surface area contributed by atoms with Crippen LogP contribution in [0.3, 0.4) is 0 Å². The molecule has 1 unspecified atom stereocenters. The van der Waals surface area contributed by atoms with Crippen molar-refractivity contribution in [1.29, 1.82) is 0 Å². The molecule has 116 valence electrons. The molecule has 0 radical (unpaired) electrons. The second-order valence-corrected chi connectivity index (χ2v) is 5.08. The average Bonchev–Trinajstić information content (AvgIpc) is 2.45. The molecule has 0 fully saturated rings. The summed E-state index contributed by atoms with van der Waals surface area (Å²) in [6.45, 7) is 3.94. The highest BCUT2D eigenvalue weighted by Crippen LogP contribution is 2.22. The first kappa shape index (κ1) is 17.3. The number of amides is 1. The van der Waals surface area contributed by atoms with Crippen LogP contribution in [0.5, 0.6) is 5.75 Å². The van der Waals surface area contributed by atoms with Crippen molar-refractivity contribution in [3.63, 3.8) is 0 Å². The zero-order valence-corrected chi connectivity index (χ0v) is 13.2. The zero-order valence-electron chi connectivity index (χ0n) is 12.4. The van der Waals surface area contributed by atoms with Gasteiger partial charge in [-0.25, -0.2) is 0 Å². The van der Waals surface area contributed by atoms with Crippen LogP contribution in [0.4, 0.5) is 0 Å². The second-order valence-electron chi connectivity index (χ2n) is 4.64.